The molecule has 1 fully saturated rings. The summed E-state index contributed by atoms with van der Waals surface area (Å²) in [4.78, 5) is 12.9. The first-order valence-electron chi connectivity index (χ1n) is 11.4. The molecule has 2 aromatic carbocycles. The van der Waals surface area contributed by atoms with E-state index in [2.05, 4.69) is 31.1 Å². The third kappa shape index (κ3) is 6.03. The number of hydrogen-bond acceptors (Lipinski definition) is 10. The van der Waals surface area contributed by atoms with Crippen molar-refractivity contribution in [3.05, 3.63) is 71.9 Å². The predicted molar refractivity (Wildman–Crippen MR) is 139 cm³/mol. The molecule has 0 saturated carbocycles. The van der Waals surface area contributed by atoms with Gasteiger partial charge in [0.1, 0.15) is 17.9 Å². The highest BCUT2D eigenvalue weighted by Crippen LogP contribution is 2.28. The highest BCUT2D eigenvalue weighted by Gasteiger charge is 2.18. The van der Waals surface area contributed by atoms with Crippen LogP contribution in [0, 0.1) is 11.3 Å². The van der Waals surface area contributed by atoms with Crippen LogP contribution in [0.2, 0.25) is 0 Å². The molecule has 5 rings (SSSR count). The molecule has 1 saturated heterocycles. The Balaban J connectivity index is 1.29. The fourth-order valence-electron chi connectivity index (χ4n) is 3.73. The van der Waals surface area contributed by atoms with Gasteiger partial charge in [0.25, 0.3) is 10.0 Å². The maximum Gasteiger partial charge on any atom is 0.263 e. The van der Waals surface area contributed by atoms with Gasteiger partial charge in [-0.15, -0.1) is 11.3 Å². The second kappa shape index (κ2) is 10.9. The molecule has 0 unspecified atom stereocenters. The number of ether oxygens (including phenoxy) is 2. The summed E-state index contributed by atoms with van der Waals surface area (Å²) in [5.74, 6) is 0.875. The van der Waals surface area contributed by atoms with Crippen molar-refractivity contribution in [2.45, 2.75) is 23.8 Å². The quantitative estimate of drug-likeness (QED) is 0.333. The van der Waals surface area contributed by atoms with Gasteiger partial charge in [0.2, 0.25) is 5.95 Å². The Bertz CT molecular complexity index is 1510. The van der Waals surface area contributed by atoms with Crippen LogP contribution in [-0.2, 0) is 14.8 Å². The van der Waals surface area contributed by atoms with E-state index in [9.17, 15) is 13.7 Å². The Morgan fingerprint density at radius 1 is 1.05 bits per heavy atom. The third-order valence-corrected chi connectivity index (χ3v) is 7.76. The van der Waals surface area contributed by atoms with Gasteiger partial charge < -0.3 is 14.8 Å². The van der Waals surface area contributed by atoms with Crippen molar-refractivity contribution in [1.82, 2.24) is 15.0 Å². The molecule has 2 aromatic heterocycles. The van der Waals surface area contributed by atoms with Crippen LogP contribution >= 0.6 is 11.3 Å². The molecular weight excluding hydrogens is 512 g/mol. The summed E-state index contributed by atoms with van der Waals surface area (Å²) >= 11 is 1.20. The Hall–Kier alpha value is -4.05. The van der Waals surface area contributed by atoms with Crippen molar-refractivity contribution in [3.8, 4) is 23.1 Å². The summed E-state index contributed by atoms with van der Waals surface area (Å²) in [6, 6.07) is 15.6. The van der Waals surface area contributed by atoms with Gasteiger partial charge in [0.15, 0.2) is 5.13 Å². The first kappa shape index (κ1) is 24.6. The van der Waals surface area contributed by atoms with Gasteiger partial charge in [-0.1, -0.05) is 0 Å². The Kier molecular flexibility index (Phi) is 7.27. The van der Waals surface area contributed by atoms with Gasteiger partial charge in [-0.2, -0.15) is 5.26 Å². The van der Waals surface area contributed by atoms with E-state index in [4.69, 9.17) is 9.47 Å². The highest BCUT2D eigenvalue weighted by molar-refractivity contribution is 7.93. The molecule has 1 aliphatic rings. The van der Waals surface area contributed by atoms with Crippen LogP contribution in [-0.4, -0.2) is 42.7 Å². The second-order valence-corrected chi connectivity index (χ2v) is 10.7. The zero-order chi connectivity index (χ0) is 25.7. The molecule has 12 heteroatoms. The lowest BCUT2D eigenvalue weighted by Crippen LogP contribution is -2.26. The van der Waals surface area contributed by atoms with E-state index >= 15 is 0 Å². The smallest absolute Gasteiger partial charge is 0.263 e. The number of sulfonamides is 1. The first-order chi connectivity index (χ1) is 18.0. The van der Waals surface area contributed by atoms with E-state index in [0.717, 1.165) is 18.4 Å². The lowest BCUT2D eigenvalue weighted by Gasteiger charge is -2.23. The molecule has 188 valence electrons. The van der Waals surface area contributed by atoms with E-state index in [0.29, 0.717) is 47.0 Å². The monoisotopic (exact) mass is 534 g/mol. The van der Waals surface area contributed by atoms with E-state index in [1.807, 2.05) is 6.07 Å². The van der Waals surface area contributed by atoms with Gasteiger partial charge in [0, 0.05) is 41.9 Å². The lowest BCUT2D eigenvalue weighted by molar-refractivity contribution is 0.0254. The minimum Gasteiger partial charge on any atom is -0.489 e. The molecule has 0 spiro atoms. The maximum atomic E-state index is 12.5. The maximum absolute atomic E-state index is 12.5. The normalized spacial score (nSPS) is 14.0. The van der Waals surface area contributed by atoms with Crippen molar-refractivity contribution in [2.24, 2.45) is 0 Å². The fraction of sp³-hybridized carbons (Fsp3) is 0.200. The summed E-state index contributed by atoms with van der Waals surface area (Å²) in [6.07, 6.45) is 4.76. The molecule has 0 aliphatic carbocycles. The number of anilines is 3. The SMILES string of the molecule is N#Cc1cc(-c2ccnc(Nc3ccc(S(=O)(=O)Nc4nccs4)cc3)n2)ccc1OC1CCOCC1. The third-order valence-electron chi connectivity index (χ3n) is 5.59. The van der Waals surface area contributed by atoms with Gasteiger partial charge in [-0.25, -0.2) is 23.4 Å². The molecular formula is C25H22N6O4S2. The number of benzene rings is 2. The molecule has 0 atom stereocenters. The van der Waals surface area contributed by atoms with Crippen molar-refractivity contribution in [1.29, 1.82) is 5.26 Å². The molecule has 0 bridgehead atoms. The van der Waals surface area contributed by atoms with Gasteiger partial charge in [0.05, 0.1) is 29.4 Å². The van der Waals surface area contributed by atoms with Gasteiger partial charge >= 0.3 is 0 Å². The van der Waals surface area contributed by atoms with Crippen LogP contribution in [0.3, 0.4) is 0 Å². The van der Waals surface area contributed by atoms with Gasteiger partial charge in [-0.3, -0.25) is 4.72 Å². The highest BCUT2D eigenvalue weighted by atomic mass is 32.2. The van der Waals surface area contributed by atoms with Crippen molar-refractivity contribution < 1.29 is 17.9 Å². The number of nitriles is 1. The summed E-state index contributed by atoms with van der Waals surface area (Å²) in [5.41, 5.74) is 2.41. The average Bonchev–Trinajstić information content (AvgIpc) is 3.42. The van der Waals surface area contributed by atoms with E-state index in [-0.39, 0.29) is 11.0 Å². The molecule has 10 nitrogen and oxygen atoms in total. The van der Waals surface area contributed by atoms with Crippen LogP contribution in [0.5, 0.6) is 5.75 Å². The zero-order valence-corrected chi connectivity index (χ0v) is 21.1. The number of rotatable bonds is 8. The molecule has 0 amide bonds. The number of thiazole rings is 1. The topological polar surface area (TPSA) is 139 Å². The summed E-state index contributed by atoms with van der Waals surface area (Å²) < 4.78 is 38.9. The van der Waals surface area contributed by atoms with Crippen LogP contribution in [0.15, 0.2) is 71.2 Å². The molecule has 2 N–H and O–H groups in total. The fourth-order valence-corrected chi connectivity index (χ4v) is 5.52. The molecule has 0 radical (unpaired) electrons. The molecule has 1 aliphatic heterocycles. The van der Waals surface area contributed by atoms with Crippen LogP contribution in [0.4, 0.5) is 16.8 Å². The van der Waals surface area contributed by atoms with Gasteiger partial charge in [-0.05, 0) is 48.5 Å². The van der Waals surface area contributed by atoms with E-state index < -0.39 is 10.0 Å². The summed E-state index contributed by atoms with van der Waals surface area (Å²) in [7, 11) is -3.74. The Morgan fingerprint density at radius 2 is 1.86 bits per heavy atom. The molecule has 4 aromatic rings. The van der Waals surface area contributed by atoms with Crippen molar-refractivity contribution in [3.63, 3.8) is 0 Å². The zero-order valence-electron chi connectivity index (χ0n) is 19.5. The summed E-state index contributed by atoms with van der Waals surface area (Å²) in [6.45, 7) is 1.31. The van der Waals surface area contributed by atoms with Crippen LogP contribution in [0.25, 0.3) is 11.3 Å². The lowest BCUT2D eigenvalue weighted by atomic mass is 10.1. The molecule has 3 heterocycles. The standard InChI is InChI=1S/C25H22N6O4S2/c26-16-18-15-17(1-6-23(18)35-20-8-12-34-13-9-20)22-7-10-27-24(30-22)29-19-2-4-21(5-3-19)37(32,33)31-25-28-11-14-36-25/h1-7,10-11,14-15,20H,8-9,12-13H2,(H,28,31)(H,27,29,30). The van der Waals surface area contributed by atoms with E-state index in [1.54, 1.807) is 41.9 Å². The number of nitrogens with one attached hydrogen (secondary N) is 2. The second-order valence-electron chi connectivity index (χ2n) is 8.11. The minimum absolute atomic E-state index is 0.0334. The van der Waals surface area contributed by atoms with Crippen LogP contribution in [0.1, 0.15) is 18.4 Å². The Labute approximate surface area is 218 Å². The number of nitrogens with zero attached hydrogens (tertiary/aromatic N) is 4. The predicted octanol–water partition coefficient (Wildman–Crippen LogP) is 4.57. The Morgan fingerprint density at radius 3 is 2.59 bits per heavy atom. The summed E-state index contributed by atoms with van der Waals surface area (Å²) in [5, 5.41) is 14.7. The molecule has 37 heavy (non-hydrogen) atoms. The average molecular weight is 535 g/mol. The minimum atomic E-state index is -3.74. The number of hydrogen-bond donors (Lipinski definition) is 2. The van der Waals surface area contributed by atoms with Crippen molar-refractivity contribution >= 4 is 38.1 Å². The number of aromatic nitrogens is 3. The van der Waals surface area contributed by atoms with E-state index in [1.165, 1.54) is 29.7 Å². The van der Waals surface area contributed by atoms with Crippen molar-refractivity contribution in [2.75, 3.05) is 23.3 Å². The first-order valence-corrected chi connectivity index (χ1v) is 13.8. The largest absolute Gasteiger partial charge is 0.489 e. The van der Waals surface area contributed by atoms with Crippen LogP contribution < -0.4 is 14.8 Å².